The van der Waals surface area contributed by atoms with E-state index >= 15 is 0 Å². The highest BCUT2D eigenvalue weighted by Crippen LogP contribution is 2.31. The van der Waals surface area contributed by atoms with E-state index in [1.54, 1.807) is 47.8 Å². The van der Waals surface area contributed by atoms with Crippen LogP contribution in [0.25, 0.3) is 0 Å². The molecule has 0 spiro atoms. The molecule has 124 valence electrons. The van der Waals surface area contributed by atoms with Crippen LogP contribution in [0.15, 0.2) is 74.9 Å². The summed E-state index contributed by atoms with van der Waals surface area (Å²) < 4.78 is 31.2. The lowest BCUT2D eigenvalue weighted by molar-refractivity contribution is 0.0926. The minimum atomic E-state index is -3.60. The van der Waals surface area contributed by atoms with Crippen LogP contribution in [0.1, 0.15) is 21.4 Å². The van der Waals surface area contributed by atoms with Gasteiger partial charge >= 0.3 is 0 Å². The quantitative estimate of drug-likeness (QED) is 0.731. The first-order chi connectivity index (χ1) is 11.6. The van der Waals surface area contributed by atoms with Crippen molar-refractivity contribution in [1.82, 2.24) is 5.32 Å². The monoisotopic (exact) mass is 361 g/mol. The second-order valence-corrected chi connectivity index (χ2v) is 8.37. The normalized spacial score (nSPS) is 12.7. The summed E-state index contributed by atoms with van der Waals surface area (Å²) in [6, 6.07) is 15.3. The van der Waals surface area contributed by atoms with Gasteiger partial charge in [0.2, 0.25) is 0 Å². The first-order valence-electron chi connectivity index (χ1n) is 7.23. The van der Waals surface area contributed by atoms with Gasteiger partial charge in [-0.2, -0.15) is 0 Å². The standard InChI is InChI=1S/C17H15NO4S2/c19-17(14-8-4-10-22-14)18-12-15(13-6-2-1-3-7-13)24(20,21)16-9-5-11-23-16/h1-11,15H,12H2,(H,18,19)/t15-/m1/s1. The van der Waals surface area contributed by atoms with E-state index in [1.165, 1.54) is 23.7 Å². The predicted octanol–water partition coefficient (Wildman–Crippen LogP) is 3.29. The van der Waals surface area contributed by atoms with Crippen LogP contribution in [-0.4, -0.2) is 20.9 Å². The third-order valence-electron chi connectivity index (χ3n) is 3.51. The summed E-state index contributed by atoms with van der Waals surface area (Å²) >= 11 is 1.17. The lowest BCUT2D eigenvalue weighted by Crippen LogP contribution is -2.31. The van der Waals surface area contributed by atoms with Crippen molar-refractivity contribution in [3.63, 3.8) is 0 Å². The van der Waals surface area contributed by atoms with Gasteiger partial charge in [0.25, 0.3) is 5.91 Å². The molecule has 0 bridgehead atoms. The van der Waals surface area contributed by atoms with Crippen LogP contribution in [0.4, 0.5) is 0 Å². The first kappa shape index (κ1) is 16.5. The zero-order chi connectivity index (χ0) is 17.0. The minimum absolute atomic E-state index is 0.0379. The lowest BCUT2D eigenvalue weighted by Gasteiger charge is -2.17. The predicted molar refractivity (Wildman–Crippen MR) is 91.7 cm³/mol. The maximum Gasteiger partial charge on any atom is 0.287 e. The smallest absolute Gasteiger partial charge is 0.287 e. The molecule has 5 nitrogen and oxygen atoms in total. The van der Waals surface area contributed by atoms with E-state index in [-0.39, 0.29) is 16.5 Å². The largest absolute Gasteiger partial charge is 0.459 e. The zero-order valence-electron chi connectivity index (χ0n) is 12.6. The van der Waals surface area contributed by atoms with Gasteiger partial charge in [-0.1, -0.05) is 36.4 Å². The molecule has 1 amide bonds. The fourth-order valence-electron chi connectivity index (χ4n) is 2.32. The Morgan fingerprint density at radius 3 is 2.50 bits per heavy atom. The number of rotatable bonds is 6. The van der Waals surface area contributed by atoms with Crippen molar-refractivity contribution in [3.05, 3.63) is 77.6 Å². The second-order valence-electron chi connectivity index (χ2n) is 5.06. The maximum absolute atomic E-state index is 12.9. The number of hydrogen-bond acceptors (Lipinski definition) is 5. The molecule has 3 aromatic rings. The minimum Gasteiger partial charge on any atom is -0.459 e. The van der Waals surface area contributed by atoms with E-state index in [0.29, 0.717) is 5.56 Å². The summed E-state index contributed by atoms with van der Waals surface area (Å²) in [5, 5.41) is 3.50. The molecule has 7 heteroatoms. The molecule has 0 radical (unpaired) electrons. The number of nitrogens with one attached hydrogen (secondary N) is 1. The fraction of sp³-hybridized carbons (Fsp3) is 0.118. The molecule has 2 aromatic heterocycles. The number of amides is 1. The Balaban J connectivity index is 1.87. The van der Waals surface area contributed by atoms with E-state index in [9.17, 15) is 13.2 Å². The number of furan rings is 1. The molecule has 0 unspecified atom stereocenters. The molecule has 0 aliphatic heterocycles. The third kappa shape index (κ3) is 3.42. The van der Waals surface area contributed by atoms with Crippen molar-refractivity contribution in [2.75, 3.05) is 6.54 Å². The highest BCUT2D eigenvalue weighted by molar-refractivity contribution is 7.93. The molecule has 0 aliphatic rings. The summed E-state index contributed by atoms with van der Waals surface area (Å²) in [5.41, 5.74) is 0.630. The van der Waals surface area contributed by atoms with Crippen molar-refractivity contribution >= 4 is 27.1 Å². The van der Waals surface area contributed by atoms with Gasteiger partial charge in [0.05, 0.1) is 6.26 Å². The molecule has 0 aliphatic carbocycles. The van der Waals surface area contributed by atoms with Crippen LogP contribution in [0.2, 0.25) is 0 Å². The van der Waals surface area contributed by atoms with Gasteiger partial charge in [-0.25, -0.2) is 8.42 Å². The van der Waals surface area contributed by atoms with Crippen LogP contribution in [0.5, 0.6) is 0 Å². The average molecular weight is 361 g/mol. The SMILES string of the molecule is O=C(NC[C@H](c1ccccc1)S(=O)(=O)c1cccs1)c1ccco1. The summed E-state index contributed by atoms with van der Waals surface area (Å²) in [6.45, 7) is -0.0379. The third-order valence-corrected chi connectivity index (χ3v) is 7.05. The van der Waals surface area contributed by atoms with Crippen molar-refractivity contribution in [2.45, 2.75) is 9.46 Å². The summed E-state index contributed by atoms with van der Waals surface area (Å²) in [5.74, 6) is -0.294. The van der Waals surface area contributed by atoms with Crippen LogP contribution in [0.3, 0.4) is 0 Å². The molecule has 1 aromatic carbocycles. The maximum atomic E-state index is 12.9. The fourth-order valence-corrected chi connectivity index (χ4v) is 5.19. The van der Waals surface area contributed by atoms with Gasteiger partial charge < -0.3 is 9.73 Å². The van der Waals surface area contributed by atoms with Crippen molar-refractivity contribution in [1.29, 1.82) is 0 Å². The molecule has 2 heterocycles. The van der Waals surface area contributed by atoms with E-state index in [4.69, 9.17) is 4.42 Å². The van der Waals surface area contributed by atoms with E-state index < -0.39 is 21.0 Å². The first-order valence-corrected chi connectivity index (χ1v) is 9.65. The Morgan fingerprint density at radius 2 is 1.88 bits per heavy atom. The zero-order valence-corrected chi connectivity index (χ0v) is 14.2. The van der Waals surface area contributed by atoms with E-state index in [0.717, 1.165) is 0 Å². The molecular weight excluding hydrogens is 346 g/mol. The summed E-state index contributed by atoms with van der Waals surface area (Å²) in [6.07, 6.45) is 1.39. The molecule has 1 N–H and O–H groups in total. The summed E-state index contributed by atoms with van der Waals surface area (Å²) in [7, 11) is -3.60. The molecule has 0 saturated heterocycles. The van der Waals surface area contributed by atoms with Crippen molar-refractivity contribution in [3.8, 4) is 0 Å². The molecule has 0 fully saturated rings. The van der Waals surface area contributed by atoms with Crippen LogP contribution < -0.4 is 5.32 Å². The van der Waals surface area contributed by atoms with Gasteiger partial charge in [-0.15, -0.1) is 11.3 Å². The lowest BCUT2D eigenvalue weighted by atomic mass is 10.1. The number of benzene rings is 1. The Hall–Kier alpha value is -2.38. The number of carbonyl (C=O) groups excluding carboxylic acids is 1. The average Bonchev–Trinajstić information content (AvgIpc) is 3.29. The van der Waals surface area contributed by atoms with Crippen LogP contribution in [-0.2, 0) is 9.84 Å². The van der Waals surface area contributed by atoms with Crippen LogP contribution >= 0.6 is 11.3 Å². The summed E-state index contributed by atoms with van der Waals surface area (Å²) in [4.78, 5) is 12.1. The van der Waals surface area contributed by atoms with Gasteiger partial charge in [0.1, 0.15) is 9.46 Å². The van der Waals surface area contributed by atoms with E-state index in [1.807, 2.05) is 6.07 Å². The Kier molecular flexibility index (Phi) is 4.82. The highest BCUT2D eigenvalue weighted by atomic mass is 32.2. The van der Waals surface area contributed by atoms with Crippen molar-refractivity contribution in [2.24, 2.45) is 0 Å². The van der Waals surface area contributed by atoms with Gasteiger partial charge in [0.15, 0.2) is 15.6 Å². The van der Waals surface area contributed by atoms with Gasteiger partial charge in [-0.3, -0.25) is 4.79 Å². The Morgan fingerprint density at radius 1 is 1.08 bits per heavy atom. The molecule has 24 heavy (non-hydrogen) atoms. The number of sulfone groups is 1. The van der Waals surface area contributed by atoms with Crippen molar-refractivity contribution < 1.29 is 17.6 Å². The number of thiophene rings is 1. The highest BCUT2D eigenvalue weighted by Gasteiger charge is 2.30. The number of carbonyl (C=O) groups is 1. The van der Waals surface area contributed by atoms with Gasteiger partial charge in [0, 0.05) is 6.54 Å². The molecule has 3 rings (SSSR count). The van der Waals surface area contributed by atoms with Crippen LogP contribution in [0, 0.1) is 0 Å². The second kappa shape index (κ2) is 7.02. The molecule has 1 atom stereocenters. The Labute approximate surface area is 143 Å². The van der Waals surface area contributed by atoms with E-state index in [2.05, 4.69) is 5.32 Å². The molecule has 0 saturated carbocycles. The topological polar surface area (TPSA) is 76.4 Å². The molecular formula is C17H15NO4S2. The van der Waals surface area contributed by atoms with Gasteiger partial charge in [-0.05, 0) is 29.1 Å². The Bertz CT molecular complexity index is 885. The number of hydrogen-bond donors (Lipinski definition) is 1.